The summed E-state index contributed by atoms with van der Waals surface area (Å²) >= 11 is 0. The Labute approximate surface area is 117 Å². The number of benzene rings is 1. The Balaban J connectivity index is 3.77. The highest BCUT2D eigenvalue weighted by Gasteiger charge is 2.22. The lowest BCUT2D eigenvalue weighted by molar-refractivity contribution is 0.0598. The highest BCUT2D eigenvalue weighted by molar-refractivity contribution is 5.94. The van der Waals surface area contributed by atoms with Crippen molar-refractivity contribution in [3.63, 3.8) is 0 Å². The van der Waals surface area contributed by atoms with Gasteiger partial charge in [0.15, 0.2) is 0 Å². The van der Waals surface area contributed by atoms with E-state index in [0.717, 1.165) is 36.8 Å². The number of carbonyl (C=O) groups is 1. The van der Waals surface area contributed by atoms with Crippen molar-refractivity contribution in [3.8, 4) is 0 Å². The summed E-state index contributed by atoms with van der Waals surface area (Å²) in [5.41, 5.74) is 7.22. The topological polar surface area (TPSA) is 26.3 Å². The summed E-state index contributed by atoms with van der Waals surface area (Å²) in [6, 6.07) is 0. The van der Waals surface area contributed by atoms with Crippen molar-refractivity contribution in [1.29, 1.82) is 0 Å². The van der Waals surface area contributed by atoms with Gasteiger partial charge >= 0.3 is 5.97 Å². The quantitative estimate of drug-likeness (QED) is 0.749. The van der Waals surface area contributed by atoms with Gasteiger partial charge in [-0.2, -0.15) is 0 Å². The zero-order chi connectivity index (χ0) is 14.6. The second-order valence-corrected chi connectivity index (χ2v) is 4.82. The molecule has 0 aliphatic carbocycles. The number of ether oxygens (including phenoxy) is 1. The molecule has 0 radical (unpaired) electrons. The number of carbonyl (C=O) groups excluding carboxylic acids is 1. The number of hydrogen-bond acceptors (Lipinski definition) is 2. The Kier molecular flexibility index (Phi) is 5.59. The number of esters is 1. The van der Waals surface area contributed by atoms with Gasteiger partial charge in [0.25, 0.3) is 0 Å². The van der Waals surface area contributed by atoms with E-state index < -0.39 is 0 Å². The van der Waals surface area contributed by atoms with Gasteiger partial charge in [0, 0.05) is 0 Å². The molecule has 0 N–H and O–H groups in total. The molecule has 0 spiro atoms. The van der Waals surface area contributed by atoms with Gasteiger partial charge in [-0.15, -0.1) is 0 Å². The van der Waals surface area contributed by atoms with Crippen LogP contribution in [0.3, 0.4) is 0 Å². The van der Waals surface area contributed by atoms with Gasteiger partial charge in [-0.3, -0.25) is 0 Å². The molecule has 106 valence electrons. The van der Waals surface area contributed by atoms with Crippen molar-refractivity contribution in [2.75, 3.05) is 7.11 Å². The molecule has 2 nitrogen and oxygen atoms in total. The summed E-state index contributed by atoms with van der Waals surface area (Å²) in [6.45, 7) is 10.7. The van der Waals surface area contributed by atoms with Gasteiger partial charge in [0.2, 0.25) is 0 Å². The van der Waals surface area contributed by atoms with E-state index in [-0.39, 0.29) is 5.97 Å². The maximum absolute atomic E-state index is 12.1. The van der Waals surface area contributed by atoms with Crippen molar-refractivity contribution in [2.24, 2.45) is 0 Å². The average Bonchev–Trinajstić information content (AvgIpc) is 2.44. The highest BCUT2D eigenvalue weighted by Crippen LogP contribution is 2.30. The third-order valence-corrected chi connectivity index (χ3v) is 4.03. The predicted octanol–water partition coefficient (Wildman–Crippen LogP) is 4.03. The molecule has 0 unspecified atom stereocenters. The Hall–Kier alpha value is -1.31. The van der Waals surface area contributed by atoms with E-state index in [0.29, 0.717) is 0 Å². The Morgan fingerprint density at radius 1 is 0.842 bits per heavy atom. The summed E-state index contributed by atoms with van der Waals surface area (Å²) in [5, 5.41) is 0. The zero-order valence-electron chi connectivity index (χ0n) is 13.1. The van der Waals surface area contributed by atoms with E-state index in [2.05, 4.69) is 34.6 Å². The monoisotopic (exact) mass is 262 g/mol. The van der Waals surface area contributed by atoms with E-state index in [9.17, 15) is 4.79 Å². The van der Waals surface area contributed by atoms with E-state index in [1.54, 1.807) is 0 Å². The minimum absolute atomic E-state index is 0.193. The minimum Gasteiger partial charge on any atom is -0.465 e. The largest absolute Gasteiger partial charge is 0.465 e. The molecule has 0 fully saturated rings. The third-order valence-electron chi connectivity index (χ3n) is 4.03. The first-order chi connectivity index (χ1) is 9.06. The highest BCUT2D eigenvalue weighted by atomic mass is 16.5. The van der Waals surface area contributed by atoms with Gasteiger partial charge in [0.05, 0.1) is 12.7 Å². The average molecular weight is 262 g/mol. The van der Waals surface area contributed by atoms with E-state index in [1.807, 2.05) is 0 Å². The van der Waals surface area contributed by atoms with E-state index in [4.69, 9.17) is 4.74 Å². The van der Waals surface area contributed by atoms with Crippen molar-refractivity contribution < 1.29 is 9.53 Å². The minimum atomic E-state index is -0.193. The lowest BCUT2D eigenvalue weighted by atomic mass is 9.83. The van der Waals surface area contributed by atoms with Gasteiger partial charge in [-0.05, 0) is 60.4 Å². The first kappa shape index (κ1) is 15.7. The first-order valence-electron chi connectivity index (χ1n) is 7.31. The Bertz CT molecular complexity index is 473. The maximum Gasteiger partial charge on any atom is 0.338 e. The van der Waals surface area contributed by atoms with Crippen molar-refractivity contribution in [3.05, 3.63) is 33.4 Å². The second kappa shape index (κ2) is 6.74. The van der Waals surface area contributed by atoms with E-state index in [1.165, 1.54) is 29.4 Å². The van der Waals surface area contributed by atoms with Crippen LogP contribution in [0.25, 0.3) is 0 Å². The van der Waals surface area contributed by atoms with Gasteiger partial charge in [0.1, 0.15) is 0 Å². The lowest BCUT2D eigenvalue weighted by Gasteiger charge is -2.22. The molecule has 1 aromatic carbocycles. The van der Waals surface area contributed by atoms with Crippen LogP contribution in [-0.4, -0.2) is 13.1 Å². The molecule has 19 heavy (non-hydrogen) atoms. The van der Waals surface area contributed by atoms with Crippen LogP contribution >= 0.6 is 0 Å². The molecule has 1 rings (SSSR count). The fourth-order valence-corrected chi connectivity index (χ4v) is 3.22. The summed E-state index contributed by atoms with van der Waals surface area (Å²) in [4.78, 5) is 12.1. The van der Waals surface area contributed by atoms with Gasteiger partial charge < -0.3 is 4.74 Å². The molecule has 2 heteroatoms. The molecular weight excluding hydrogens is 236 g/mol. The zero-order valence-corrected chi connectivity index (χ0v) is 13.1. The Morgan fingerprint density at radius 3 is 1.63 bits per heavy atom. The molecule has 0 saturated heterocycles. The second-order valence-electron chi connectivity index (χ2n) is 4.82. The first-order valence-corrected chi connectivity index (χ1v) is 7.31. The molecule has 1 aromatic rings. The molecule has 0 aliphatic heterocycles. The van der Waals surface area contributed by atoms with Crippen LogP contribution < -0.4 is 0 Å². The van der Waals surface area contributed by atoms with Crippen LogP contribution in [0.15, 0.2) is 0 Å². The van der Waals surface area contributed by atoms with Crippen LogP contribution in [0.1, 0.15) is 65.9 Å². The summed E-state index contributed by atoms with van der Waals surface area (Å²) in [5.74, 6) is -0.193. The molecular formula is C17H26O2. The third kappa shape index (κ3) is 2.68. The van der Waals surface area contributed by atoms with Crippen molar-refractivity contribution in [1.82, 2.24) is 0 Å². The fraction of sp³-hybridized carbons (Fsp3) is 0.588. The maximum atomic E-state index is 12.1. The molecule has 0 saturated carbocycles. The van der Waals surface area contributed by atoms with Gasteiger partial charge in [-0.1, -0.05) is 27.7 Å². The number of hydrogen-bond donors (Lipinski definition) is 0. The van der Waals surface area contributed by atoms with Crippen LogP contribution in [-0.2, 0) is 30.4 Å². The van der Waals surface area contributed by atoms with Crippen LogP contribution in [0.2, 0.25) is 0 Å². The van der Waals surface area contributed by atoms with Crippen LogP contribution in [0.5, 0.6) is 0 Å². The molecule has 0 aromatic heterocycles. The normalized spacial score (nSPS) is 10.6. The Morgan fingerprint density at radius 2 is 1.26 bits per heavy atom. The smallest absolute Gasteiger partial charge is 0.338 e. The standard InChI is InChI=1S/C17H26O2/c1-7-12-11(5)16(17(18)19-6)15(10-4)14(9-3)13(12)8-2/h7-10H2,1-6H3. The summed E-state index contributed by atoms with van der Waals surface area (Å²) in [7, 11) is 1.46. The number of rotatable bonds is 5. The summed E-state index contributed by atoms with van der Waals surface area (Å²) < 4.78 is 4.99. The van der Waals surface area contributed by atoms with E-state index >= 15 is 0 Å². The molecule has 0 amide bonds. The van der Waals surface area contributed by atoms with Crippen molar-refractivity contribution >= 4 is 5.97 Å². The molecule has 0 atom stereocenters. The molecule has 0 aliphatic rings. The lowest BCUT2D eigenvalue weighted by Crippen LogP contribution is -2.15. The van der Waals surface area contributed by atoms with Crippen LogP contribution in [0, 0.1) is 6.92 Å². The van der Waals surface area contributed by atoms with Gasteiger partial charge in [-0.25, -0.2) is 4.79 Å². The number of methoxy groups -OCH3 is 1. The fourth-order valence-electron chi connectivity index (χ4n) is 3.22. The van der Waals surface area contributed by atoms with Crippen molar-refractivity contribution in [2.45, 2.75) is 60.3 Å². The summed E-state index contributed by atoms with van der Waals surface area (Å²) in [6.07, 6.45) is 3.85. The molecule has 0 bridgehead atoms. The molecule has 0 heterocycles. The SMILES string of the molecule is CCc1c(C)c(C(=O)OC)c(CC)c(CC)c1CC. The predicted molar refractivity (Wildman–Crippen MR) is 80.0 cm³/mol. The van der Waals surface area contributed by atoms with Crippen LogP contribution in [0.4, 0.5) is 0 Å².